The number of fused-ring (bicyclic) bond motifs is 1. The van der Waals surface area contributed by atoms with Crippen LogP contribution in [-0.4, -0.2) is 25.7 Å². The minimum Gasteiger partial charge on any atom is -0.507 e. The van der Waals surface area contributed by atoms with Crippen molar-refractivity contribution in [1.82, 2.24) is 9.55 Å². The number of hydrogen-bond donors (Lipinski definition) is 2. The molecule has 33 heavy (non-hydrogen) atoms. The lowest BCUT2D eigenvalue weighted by atomic mass is 9.83. The molecule has 6 nitrogen and oxygen atoms in total. The van der Waals surface area contributed by atoms with Gasteiger partial charge in [-0.1, -0.05) is 13.8 Å². The fraction of sp³-hybridized carbons (Fsp3) is 0.208. The Morgan fingerprint density at radius 3 is 2.61 bits per heavy atom. The van der Waals surface area contributed by atoms with Crippen molar-refractivity contribution in [1.29, 1.82) is 5.26 Å². The molecule has 0 atom stereocenters. The molecule has 2 aromatic carbocycles. The molecule has 0 aliphatic rings. The Labute approximate surface area is 192 Å². The number of carbonyl (C=O) groups is 1. The van der Waals surface area contributed by atoms with Crippen molar-refractivity contribution in [3.63, 3.8) is 0 Å². The van der Waals surface area contributed by atoms with Crippen molar-refractivity contribution >= 4 is 28.2 Å². The molecule has 0 amide bonds. The molecule has 2 aromatic heterocycles. The van der Waals surface area contributed by atoms with Gasteiger partial charge in [-0.2, -0.15) is 5.26 Å². The van der Waals surface area contributed by atoms with Crippen molar-refractivity contribution in [2.75, 3.05) is 0 Å². The molecule has 0 radical (unpaired) electrons. The standard InChI is InChI=1S/C24H19F2N3O3S/c1-12-8-14(4-5-15(12)26)29-16-9-13(25)10-17(30)19(16)20(21(29)24(2,3)6-7-27)18-11-28-22(33-18)23(31)32/h4-5,8-11,30H,6H2,1-3H3,(H,31,32). The van der Waals surface area contributed by atoms with Crippen LogP contribution < -0.4 is 0 Å². The van der Waals surface area contributed by atoms with Crippen LogP contribution in [0.3, 0.4) is 0 Å². The van der Waals surface area contributed by atoms with Gasteiger partial charge >= 0.3 is 5.97 Å². The molecule has 4 rings (SSSR count). The summed E-state index contributed by atoms with van der Waals surface area (Å²) in [6.45, 7) is 5.26. The van der Waals surface area contributed by atoms with Crippen LogP contribution >= 0.6 is 11.3 Å². The summed E-state index contributed by atoms with van der Waals surface area (Å²) < 4.78 is 30.2. The Morgan fingerprint density at radius 1 is 1.27 bits per heavy atom. The largest absolute Gasteiger partial charge is 0.507 e. The summed E-state index contributed by atoms with van der Waals surface area (Å²) in [5.74, 6) is -2.62. The summed E-state index contributed by atoms with van der Waals surface area (Å²) in [5, 5.41) is 29.8. The lowest BCUT2D eigenvalue weighted by molar-refractivity contribution is 0.0696. The lowest BCUT2D eigenvalue weighted by Crippen LogP contribution is -2.21. The summed E-state index contributed by atoms with van der Waals surface area (Å²) >= 11 is 0.913. The number of carboxylic acids is 1. The molecule has 0 bridgehead atoms. The van der Waals surface area contributed by atoms with Crippen LogP contribution in [0.5, 0.6) is 5.75 Å². The summed E-state index contributed by atoms with van der Waals surface area (Å²) in [6, 6.07) is 8.83. The molecule has 0 saturated heterocycles. The second-order valence-electron chi connectivity index (χ2n) is 8.37. The monoisotopic (exact) mass is 467 g/mol. The first-order valence-corrected chi connectivity index (χ1v) is 10.8. The smallest absolute Gasteiger partial charge is 0.365 e. The SMILES string of the molecule is Cc1cc(-n2c(C(C)(C)CC#N)c(-c3cnc(C(=O)O)s3)c3c(O)cc(F)cc32)ccc1F. The number of thiazole rings is 1. The Morgan fingerprint density at radius 2 is 2.00 bits per heavy atom. The first-order valence-electron chi connectivity index (χ1n) is 9.95. The number of hydrogen-bond acceptors (Lipinski definition) is 5. The van der Waals surface area contributed by atoms with Gasteiger partial charge in [0.25, 0.3) is 0 Å². The average Bonchev–Trinajstić information content (AvgIpc) is 3.33. The predicted molar refractivity (Wildman–Crippen MR) is 121 cm³/mol. The number of benzene rings is 2. The molecule has 0 aliphatic heterocycles. The van der Waals surface area contributed by atoms with E-state index in [0.717, 1.165) is 17.4 Å². The molecule has 2 N–H and O–H groups in total. The van der Waals surface area contributed by atoms with Gasteiger partial charge in [-0.3, -0.25) is 0 Å². The maximum Gasteiger partial charge on any atom is 0.365 e. The molecule has 0 unspecified atom stereocenters. The molecular formula is C24H19F2N3O3S. The summed E-state index contributed by atoms with van der Waals surface area (Å²) in [5.41, 5.74) is 1.37. The maximum atomic E-state index is 14.5. The Balaban J connectivity index is 2.23. The van der Waals surface area contributed by atoms with E-state index in [1.165, 1.54) is 24.4 Å². The van der Waals surface area contributed by atoms with Crippen LogP contribution in [0.25, 0.3) is 27.0 Å². The number of phenols is 1. The van der Waals surface area contributed by atoms with Gasteiger partial charge in [-0.05, 0) is 36.8 Å². The number of nitrogens with zero attached hydrogens (tertiary/aromatic N) is 3. The van der Waals surface area contributed by atoms with Gasteiger partial charge in [-0.25, -0.2) is 18.6 Å². The zero-order valence-electron chi connectivity index (χ0n) is 18.0. The van der Waals surface area contributed by atoms with E-state index in [-0.39, 0.29) is 17.2 Å². The number of halogens is 2. The van der Waals surface area contributed by atoms with Gasteiger partial charge in [0.2, 0.25) is 5.01 Å². The third-order valence-corrected chi connectivity index (χ3v) is 6.51. The Kier molecular flexibility index (Phi) is 5.42. The van der Waals surface area contributed by atoms with E-state index < -0.39 is 23.0 Å². The van der Waals surface area contributed by atoms with Gasteiger partial charge in [0.15, 0.2) is 0 Å². The zero-order chi connectivity index (χ0) is 24.1. The van der Waals surface area contributed by atoms with Crippen LogP contribution in [0, 0.1) is 29.9 Å². The van der Waals surface area contributed by atoms with Crippen LogP contribution in [0.1, 0.15) is 41.3 Å². The minimum absolute atomic E-state index is 0.0737. The van der Waals surface area contributed by atoms with Crippen LogP contribution in [0.4, 0.5) is 8.78 Å². The van der Waals surface area contributed by atoms with Crippen LogP contribution in [0.2, 0.25) is 0 Å². The first kappa shape index (κ1) is 22.4. The van der Waals surface area contributed by atoms with Gasteiger partial charge in [0.1, 0.15) is 17.4 Å². The van der Waals surface area contributed by atoms with Gasteiger partial charge in [0, 0.05) is 41.0 Å². The van der Waals surface area contributed by atoms with Gasteiger partial charge < -0.3 is 14.8 Å². The third kappa shape index (κ3) is 3.72. The average molecular weight is 467 g/mol. The van der Waals surface area contributed by atoms with E-state index >= 15 is 0 Å². The number of rotatable bonds is 5. The van der Waals surface area contributed by atoms with Crippen LogP contribution in [-0.2, 0) is 5.41 Å². The topological polar surface area (TPSA) is 99.1 Å². The maximum absolute atomic E-state index is 14.5. The normalized spacial score (nSPS) is 11.6. The molecule has 0 aliphatic carbocycles. The molecule has 0 fully saturated rings. The highest BCUT2D eigenvalue weighted by Gasteiger charge is 2.34. The van der Waals surface area contributed by atoms with Crippen LogP contribution in [0.15, 0.2) is 36.5 Å². The predicted octanol–water partition coefficient (Wildman–Crippen LogP) is 5.94. The lowest BCUT2D eigenvalue weighted by Gasteiger charge is -2.26. The Bertz CT molecular complexity index is 1460. The minimum atomic E-state index is -1.20. The van der Waals surface area contributed by atoms with E-state index in [9.17, 15) is 29.1 Å². The van der Waals surface area contributed by atoms with Crippen molar-refractivity contribution in [3.05, 3.63) is 64.4 Å². The van der Waals surface area contributed by atoms with E-state index in [4.69, 9.17) is 0 Å². The molecular weight excluding hydrogens is 448 g/mol. The highest BCUT2D eigenvalue weighted by molar-refractivity contribution is 7.17. The van der Waals surface area contributed by atoms with Crippen molar-refractivity contribution < 1.29 is 23.8 Å². The molecule has 168 valence electrons. The van der Waals surface area contributed by atoms with E-state index in [1.807, 2.05) is 13.8 Å². The molecule has 0 spiro atoms. The fourth-order valence-electron chi connectivity index (χ4n) is 4.05. The summed E-state index contributed by atoms with van der Waals surface area (Å²) in [4.78, 5) is 15.9. The summed E-state index contributed by atoms with van der Waals surface area (Å²) in [7, 11) is 0. The van der Waals surface area contributed by atoms with E-state index in [0.29, 0.717) is 38.3 Å². The number of aryl methyl sites for hydroxylation is 1. The number of phenolic OH excluding ortho intramolecular Hbond substituents is 1. The number of carboxylic acid groups (broad SMARTS) is 1. The van der Waals surface area contributed by atoms with E-state index in [1.54, 1.807) is 17.6 Å². The molecule has 9 heteroatoms. The second kappa shape index (κ2) is 7.98. The first-order chi connectivity index (χ1) is 15.5. The highest BCUT2D eigenvalue weighted by atomic mass is 32.1. The number of aromatic hydroxyl groups is 1. The van der Waals surface area contributed by atoms with Crippen molar-refractivity contribution in [2.45, 2.75) is 32.6 Å². The van der Waals surface area contributed by atoms with Gasteiger partial charge in [0.05, 0.1) is 21.8 Å². The zero-order valence-corrected chi connectivity index (χ0v) is 18.8. The molecule has 0 saturated carbocycles. The number of aromatic carboxylic acids is 1. The van der Waals surface area contributed by atoms with Crippen molar-refractivity contribution in [2.24, 2.45) is 0 Å². The van der Waals surface area contributed by atoms with E-state index in [2.05, 4.69) is 11.1 Å². The second-order valence-corrected chi connectivity index (χ2v) is 9.40. The number of aromatic nitrogens is 2. The van der Waals surface area contributed by atoms with Gasteiger partial charge in [-0.15, -0.1) is 11.3 Å². The van der Waals surface area contributed by atoms with Crippen molar-refractivity contribution in [3.8, 4) is 27.9 Å². The highest BCUT2D eigenvalue weighted by Crippen LogP contribution is 2.48. The number of nitriles is 1. The molecule has 4 aromatic rings. The fourth-order valence-corrected chi connectivity index (χ4v) is 4.86. The third-order valence-electron chi connectivity index (χ3n) is 5.51. The summed E-state index contributed by atoms with van der Waals surface area (Å²) in [6.07, 6.45) is 1.46. The molecule has 2 heterocycles. The quantitative estimate of drug-likeness (QED) is 0.379. The Hall–Kier alpha value is -3.77.